The molecule has 0 saturated heterocycles. The zero-order valence-corrected chi connectivity index (χ0v) is 16.6. The lowest BCUT2D eigenvalue weighted by molar-refractivity contribution is -0.115. The molecule has 0 saturated carbocycles. The number of amides is 1. The van der Waals surface area contributed by atoms with E-state index in [4.69, 9.17) is 9.47 Å². The predicted octanol–water partition coefficient (Wildman–Crippen LogP) is 2.18. The second-order valence-corrected chi connectivity index (χ2v) is 9.45. The highest BCUT2D eigenvalue weighted by molar-refractivity contribution is 8.00. The molecule has 2 heterocycles. The summed E-state index contributed by atoms with van der Waals surface area (Å²) in [4.78, 5) is 16.6. The molecule has 8 nitrogen and oxygen atoms in total. The first-order valence-electron chi connectivity index (χ1n) is 8.03. The maximum absolute atomic E-state index is 12.4. The Morgan fingerprint density at radius 2 is 1.96 bits per heavy atom. The van der Waals surface area contributed by atoms with E-state index in [9.17, 15) is 13.2 Å². The van der Waals surface area contributed by atoms with E-state index < -0.39 is 15.3 Å². The molecule has 1 N–H and O–H groups in total. The lowest BCUT2D eigenvalue weighted by Crippen LogP contribution is -2.23. The largest absolute Gasteiger partial charge is 0.454 e. The van der Waals surface area contributed by atoms with E-state index in [1.165, 1.54) is 38.1 Å². The van der Waals surface area contributed by atoms with E-state index in [1.807, 2.05) is 0 Å². The molecule has 0 fully saturated rings. The first-order valence-corrected chi connectivity index (χ1v) is 10.3. The Morgan fingerprint density at radius 1 is 1.22 bits per heavy atom. The van der Waals surface area contributed by atoms with Crippen LogP contribution in [0.4, 0.5) is 5.69 Å². The molecular formula is C17H19N3O5S2. The number of hydrogen-bond acceptors (Lipinski definition) is 7. The third kappa shape index (κ3) is 4.34. The molecule has 10 heteroatoms. The van der Waals surface area contributed by atoms with Crippen molar-refractivity contribution >= 4 is 33.4 Å². The zero-order chi connectivity index (χ0) is 19.6. The highest BCUT2D eigenvalue weighted by Crippen LogP contribution is 2.34. The summed E-state index contributed by atoms with van der Waals surface area (Å²) >= 11 is 1.24. The number of aromatic nitrogens is 1. The first kappa shape index (κ1) is 19.5. The number of hydrogen-bond donors (Lipinski definition) is 1. The van der Waals surface area contributed by atoms with E-state index in [-0.39, 0.29) is 17.6 Å². The van der Waals surface area contributed by atoms with Gasteiger partial charge in [-0.1, -0.05) is 11.8 Å². The smallest absolute Gasteiger partial charge is 0.244 e. The summed E-state index contributed by atoms with van der Waals surface area (Å²) in [5.74, 6) is 1.03. The van der Waals surface area contributed by atoms with Crippen LogP contribution in [-0.2, 0) is 14.8 Å². The van der Waals surface area contributed by atoms with Gasteiger partial charge in [0.15, 0.2) is 11.5 Å². The summed E-state index contributed by atoms with van der Waals surface area (Å²) in [6.07, 6.45) is 1.29. The van der Waals surface area contributed by atoms with Crippen molar-refractivity contribution in [1.29, 1.82) is 0 Å². The van der Waals surface area contributed by atoms with Gasteiger partial charge < -0.3 is 14.8 Å². The van der Waals surface area contributed by atoms with E-state index in [0.29, 0.717) is 22.2 Å². The molecule has 0 aliphatic carbocycles. The lowest BCUT2D eigenvalue weighted by atomic mass is 10.2. The van der Waals surface area contributed by atoms with Gasteiger partial charge in [0.2, 0.25) is 22.7 Å². The Balaban J connectivity index is 1.63. The first-order chi connectivity index (χ1) is 12.8. The fourth-order valence-corrected chi connectivity index (χ4v) is 3.89. The molecule has 0 spiro atoms. The number of benzene rings is 1. The Bertz CT molecular complexity index is 946. The maximum Gasteiger partial charge on any atom is 0.244 e. The predicted molar refractivity (Wildman–Crippen MR) is 102 cm³/mol. The number of carbonyl (C=O) groups excluding carboxylic acids is 1. The highest BCUT2D eigenvalue weighted by Gasteiger charge is 2.20. The Labute approximate surface area is 161 Å². The minimum absolute atomic E-state index is 0.106. The van der Waals surface area contributed by atoms with Crippen LogP contribution in [0.25, 0.3) is 0 Å². The number of nitrogens with zero attached hydrogens (tertiary/aromatic N) is 2. The van der Waals surface area contributed by atoms with Crippen LogP contribution in [0.5, 0.6) is 11.5 Å². The average Bonchev–Trinajstić information content (AvgIpc) is 3.09. The monoisotopic (exact) mass is 409 g/mol. The van der Waals surface area contributed by atoms with Crippen LogP contribution in [0.1, 0.15) is 6.92 Å². The van der Waals surface area contributed by atoms with Crippen LogP contribution in [-0.4, -0.2) is 49.8 Å². The quantitative estimate of drug-likeness (QED) is 0.730. The number of fused-ring (bicyclic) bond motifs is 1. The molecule has 0 bridgehead atoms. The van der Waals surface area contributed by atoms with Crippen molar-refractivity contribution < 1.29 is 22.7 Å². The van der Waals surface area contributed by atoms with Gasteiger partial charge in [-0.2, -0.15) is 0 Å². The Morgan fingerprint density at radius 3 is 2.63 bits per heavy atom. The summed E-state index contributed by atoms with van der Waals surface area (Å²) in [5.41, 5.74) is 0.608. The Hall–Kier alpha value is -2.30. The number of rotatable bonds is 6. The average molecular weight is 409 g/mol. The molecule has 1 aliphatic rings. The van der Waals surface area contributed by atoms with Gasteiger partial charge in [0.05, 0.1) is 10.3 Å². The lowest BCUT2D eigenvalue weighted by Gasteiger charge is -2.13. The summed E-state index contributed by atoms with van der Waals surface area (Å²) in [6.45, 7) is 1.92. The molecule has 1 aromatic heterocycles. The van der Waals surface area contributed by atoms with Crippen LogP contribution in [0, 0.1) is 0 Å². The SMILES string of the molecule is C[C@@H](Sc1ccc(S(=O)(=O)N(C)C)cn1)C(=O)Nc1ccc2c(c1)OCO2. The van der Waals surface area contributed by atoms with Crippen LogP contribution in [0.3, 0.4) is 0 Å². The third-order valence-electron chi connectivity index (χ3n) is 3.79. The molecule has 1 amide bonds. The van der Waals surface area contributed by atoms with Crippen molar-refractivity contribution in [2.75, 3.05) is 26.2 Å². The van der Waals surface area contributed by atoms with Crippen molar-refractivity contribution in [2.24, 2.45) is 0 Å². The number of anilines is 1. The van der Waals surface area contributed by atoms with Crippen LogP contribution < -0.4 is 14.8 Å². The van der Waals surface area contributed by atoms with Gasteiger partial charge in [-0.3, -0.25) is 4.79 Å². The molecular weight excluding hydrogens is 390 g/mol. The summed E-state index contributed by atoms with van der Waals surface area (Å²) < 4.78 is 35.8. The van der Waals surface area contributed by atoms with Crippen LogP contribution >= 0.6 is 11.8 Å². The Kier molecular flexibility index (Phi) is 5.59. The van der Waals surface area contributed by atoms with Crippen molar-refractivity contribution in [1.82, 2.24) is 9.29 Å². The molecule has 1 aromatic carbocycles. The number of pyridine rings is 1. The van der Waals surface area contributed by atoms with E-state index in [2.05, 4.69) is 10.3 Å². The molecule has 27 heavy (non-hydrogen) atoms. The minimum Gasteiger partial charge on any atom is -0.454 e. The maximum atomic E-state index is 12.4. The standard InChI is InChI=1S/C17H19N3O5S2/c1-11(17(21)19-12-4-6-14-15(8-12)25-10-24-14)26-16-7-5-13(9-18-16)27(22,23)20(2)3/h4-9,11H,10H2,1-3H3,(H,19,21)/t11-/m1/s1. The normalized spacial score (nSPS) is 14.2. The van der Waals surface area contributed by atoms with Crippen LogP contribution in [0.2, 0.25) is 0 Å². The summed E-state index contributed by atoms with van der Waals surface area (Å²) in [6, 6.07) is 8.25. The summed E-state index contributed by atoms with van der Waals surface area (Å²) in [7, 11) is -0.606. The van der Waals surface area contributed by atoms with Gasteiger partial charge in [0, 0.05) is 32.0 Å². The van der Waals surface area contributed by atoms with Gasteiger partial charge in [-0.25, -0.2) is 17.7 Å². The molecule has 3 rings (SSSR count). The molecule has 1 aliphatic heterocycles. The van der Waals surface area contributed by atoms with E-state index in [1.54, 1.807) is 31.2 Å². The molecule has 1 atom stereocenters. The second-order valence-electron chi connectivity index (χ2n) is 5.94. The van der Waals surface area contributed by atoms with Crippen molar-refractivity contribution in [3.05, 3.63) is 36.5 Å². The third-order valence-corrected chi connectivity index (χ3v) is 6.64. The van der Waals surface area contributed by atoms with Gasteiger partial charge in [0.1, 0.15) is 4.90 Å². The second kappa shape index (κ2) is 7.75. The highest BCUT2D eigenvalue weighted by atomic mass is 32.2. The van der Waals surface area contributed by atoms with Crippen molar-refractivity contribution in [3.63, 3.8) is 0 Å². The van der Waals surface area contributed by atoms with Gasteiger partial charge in [0.25, 0.3) is 0 Å². The zero-order valence-electron chi connectivity index (χ0n) is 15.0. The molecule has 0 unspecified atom stereocenters. The number of thioether (sulfide) groups is 1. The number of sulfonamides is 1. The number of nitrogens with one attached hydrogen (secondary N) is 1. The van der Waals surface area contributed by atoms with Gasteiger partial charge in [-0.15, -0.1) is 0 Å². The molecule has 2 aromatic rings. The van der Waals surface area contributed by atoms with E-state index >= 15 is 0 Å². The van der Waals surface area contributed by atoms with Gasteiger partial charge in [-0.05, 0) is 31.2 Å². The number of ether oxygens (including phenoxy) is 2. The summed E-state index contributed by atoms with van der Waals surface area (Å²) in [5, 5.41) is 2.94. The molecule has 144 valence electrons. The molecule has 0 radical (unpaired) electrons. The van der Waals surface area contributed by atoms with Crippen molar-refractivity contribution in [3.8, 4) is 11.5 Å². The topological polar surface area (TPSA) is 97.8 Å². The van der Waals surface area contributed by atoms with Gasteiger partial charge >= 0.3 is 0 Å². The minimum atomic E-state index is -3.52. The van der Waals surface area contributed by atoms with Crippen molar-refractivity contribution in [2.45, 2.75) is 22.1 Å². The van der Waals surface area contributed by atoms with E-state index in [0.717, 1.165) is 4.31 Å². The van der Waals surface area contributed by atoms with Crippen LogP contribution in [0.15, 0.2) is 46.5 Å². The fourth-order valence-electron chi connectivity index (χ4n) is 2.25. The fraction of sp³-hybridized carbons (Fsp3) is 0.294. The number of carbonyl (C=O) groups is 1.